The van der Waals surface area contributed by atoms with Crippen LogP contribution in [0.1, 0.15) is 27.0 Å². The number of benzene rings is 1. The molecular weight excluding hydrogens is 438 g/mol. The van der Waals surface area contributed by atoms with Gasteiger partial charge in [0.2, 0.25) is 5.28 Å². The van der Waals surface area contributed by atoms with Gasteiger partial charge >= 0.3 is 17.9 Å². The molecule has 4 atom stereocenters. The second-order valence-electron chi connectivity index (χ2n) is 6.70. The highest BCUT2D eigenvalue weighted by molar-refractivity contribution is 6.29. The lowest BCUT2D eigenvalue weighted by Crippen LogP contribution is -2.40. The number of nitrogens with zero attached hydrogens (tertiary/aromatic N) is 3. The summed E-state index contributed by atoms with van der Waals surface area (Å²) < 4.78 is 22.8. The molecule has 0 bridgehead atoms. The minimum atomic E-state index is -1.20. The van der Waals surface area contributed by atoms with E-state index in [1.807, 2.05) is 0 Å². The van der Waals surface area contributed by atoms with Crippen molar-refractivity contribution in [3.8, 4) is 0 Å². The van der Waals surface area contributed by atoms with Crippen LogP contribution in [0.4, 0.5) is 5.69 Å². The van der Waals surface area contributed by atoms with Crippen LogP contribution in [0.15, 0.2) is 18.2 Å². The standard InChI is InChI=1S/C18H18ClN3O9/c1-8(23)28-7-14-15(29-9(2)24)16(30-10(3)25)17(31-14)21-13-6-11(22(26)27)4-5-12(13)20-18(21)19/h4-6,14-17H,7H2,1-3H3/t14-,15-,16-,17-/m1/s1. The number of rotatable bonds is 6. The average Bonchev–Trinajstić information content (AvgIpc) is 3.15. The highest BCUT2D eigenvalue weighted by atomic mass is 35.5. The van der Waals surface area contributed by atoms with Crippen LogP contribution < -0.4 is 0 Å². The Balaban J connectivity index is 2.10. The normalized spacial score (nSPS) is 22.8. The SMILES string of the molecule is CC(=O)OC[C@H]1O[C@@H](n2c(Cl)nc3ccc([N+](=O)[O-])cc32)[C@H](OC(C)=O)[C@@H]1OC(C)=O. The Morgan fingerprint density at radius 1 is 1.16 bits per heavy atom. The molecule has 13 heteroatoms. The predicted octanol–water partition coefficient (Wildman–Crippen LogP) is 1.92. The minimum Gasteiger partial charge on any atom is -0.463 e. The number of ether oxygens (including phenoxy) is 4. The summed E-state index contributed by atoms with van der Waals surface area (Å²) in [6.07, 6.45) is -4.52. The van der Waals surface area contributed by atoms with E-state index in [0.717, 1.165) is 13.8 Å². The summed E-state index contributed by atoms with van der Waals surface area (Å²) in [4.78, 5) is 49.4. The molecule has 31 heavy (non-hydrogen) atoms. The molecule has 0 unspecified atom stereocenters. The average molecular weight is 456 g/mol. The molecule has 1 aliphatic heterocycles. The van der Waals surface area contributed by atoms with Gasteiger partial charge in [0.1, 0.15) is 12.7 Å². The Hall–Kier alpha value is -3.25. The first-order valence-electron chi connectivity index (χ1n) is 9.03. The molecule has 3 rings (SSSR count). The van der Waals surface area contributed by atoms with Crippen LogP contribution in [0.25, 0.3) is 11.0 Å². The first kappa shape index (κ1) is 22.4. The molecule has 1 saturated heterocycles. The summed E-state index contributed by atoms with van der Waals surface area (Å²) in [5, 5.41) is 11.1. The number of imidazole rings is 1. The number of halogens is 1. The van der Waals surface area contributed by atoms with Crippen LogP contribution in [-0.2, 0) is 33.3 Å². The molecule has 0 saturated carbocycles. The number of carbonyl (C=O) groups excluding carboxylic acids is 3. The molecule has 0 amide bonds. The van der Waals surface area contributed by atoms with E-state index in [4.69, 9.17) is 30.5 Å². The van der Waals surface area contributed by atoms with E-state index in [9.17, 15) is 24.5 Å². The summed E-state index contributed by atoms with van der Waals surface area (Å²) in [6.45, 7) is 3.20. The van der Waals surface area contributed by atoms with Crippen molar-refractivity contribution >= 4 is 46.2 Å². The topological polar surface area (TPSA) is 149 Å². The van der Waals surface area contributed by atoms with Crippen molar-refractivity contribution in [2.75, 3.05) is 6.61 Å². The van der Waals surface area contributed by atoms with Crippen molar-refractivity contribution < 1.29 is 38.3 Å². The van der Waals surface area contributed by atoms with Gasteiger partial charge < -0.3 is 18.9 Å². The molecule has 0 N–H and O–H groups in total. The molecule has 1 aromatic carbocycles. The van der Waals surface area contributed by atoms with Gasteiger partial charge in [-0.2, -0.15) is 0 Å². The van der Waals surface area contributed by atoms with Crippen LogP contribution in [-0.4, -0.2) is 57.3 Å². The van der Waals surface area contributed by atoms with Crippen LogP contribution in [0, 0.1) is 10.1 Å². The largest absolute Gasteiger partial charge is 0.463 e. The Morgan fingerprint density at radius 2 is 1.81 bits per heavy atom. The van der Waals surface area contributed by atoms with Crippen molar-refractivity contribution in [1.29, 1.82) is 0 Å². The summed E-state index contributed by atoms with van der Waals surface area (Å²) in [7, 11) is 0. The summed E-state index contributed by atoms with van der Waals surface area (Å²) in [6, 6.07) is 3.91. The summed E-state index contributed by atoms with van der Waals surface area (Å²) in [5.74, 6) is -1.98. The van der Waals surface area contributed by atoms with Crippen LogP contribution in [0.5, 0.6) is 0 Å². The third-order valence-electron chi connectivity index (χ3n) is 4.44. The Labute approximate surface area is 180 Å². The van der Waals surface area contributed by atoms with E-state index in [2.05, 4.69) is 4.98 Å². The van der Waals surface area contributed by atoms with Gasteiger partial charge in [0.25, 0.3) is 5.69 Å². The maximum atomic E-state index is 11.8. The number of nitro groups is 1. The van der Waals surface area contributed by atoms with Crippen molar-refractivity contribution in [3.63, 3.8) is 0 Å². The number of nitro benzene ring substituents is 1. The van der Waals surface area contributed by atoms with Gasteiger partial charge in [0.15, 0.2) is 18.4 Å². The number of esters is 3. The number of aromatic nitrogens is 2. The summed E-state index contributed by atoms with van der Waals surface area (Å²) >= 11 is 6.28. The fraction of sp³-hybridized carbons (Fsp3) is 0.444. The molecule has 1 aromatic heterocycles. The van der Waals surface area contributed by atoms with E-state index < -0.39 is 47.4 Å². The lowest BCUT2D eigenvalue weighted by molar-refractivity contribution is -0.384. The van der Waals surface area contributed by atoms with E-state index in [1.165, 1.54) is 29.7 Å². The van der Waals surface area contributed by atoms with E-state index in [-0.39, 0.29) is 23.1 Å². The molecule has 2 aromatic rings. The third-order valence-corrected chi connectivity index (χ3v) is 4.70. The zero-order valence-electron chi connectivity index (χ0n) is 16.6. The number of carbonyl (C=O) groups is 3. The predicted molar refractivity (Wildman–Crippen MR) is 103 cm³/mol. The van der Waals surface area contributed by atoms with Crippen LogP contribution >= 0.6 is 11.6 Å². The zero-order valence-corrected chi connectivity index (χ0v) is 17.4. The van der Waals surface area contributed by atoms with Crippen LogP contribution in [0.2, 0.25) is 5.28 Å². The molecule has 1 aliphatic rings. The number of hydrogen-bond donors (Lipinski definition) is 0. The van der Waals surface area contributed by atoms with Crippen molar-refractivity contribution in [1.82, 2.24) is 9.55 Å². The molecule has 0 radical (unpaired) electrons. The number of hydrogen-bond acceptors (Lipinski definition) is 10. The first-order valence-corrected chi connectivity index (χ1v) is 9.41. The number of non-ortho nitro benzene ring substituents is 1. The second kappa shape index (κ2) is 8.86. The number of fused-ring (bicyclic) bond motifs is 1. The lowest BCUT2D eigenvalue weighted by atomic mass is 10.1. The maximum absolute atomic E-state index is 11.8. The monoisotopic (exact) mass is 455 g/mol. The third kappa shape index (κ3) is 4.75. The molecule has 0 spiro atoms. The Morgan fingerprint density at radius 3 is 2.39 bits per heavy atom. The van der Waals surface area contributed by atoms with Gasteiger partial charge in [-0.15, -0.1) is 0 Å². The smallest absolute Gasteiger partial charge is 0.303 e. The van der Waals surface area contributed by atoms with Gasteiger partial charge in [0, 0.05) is 32.9 Å². The fourth-order valence-corrected chi connectivity index (χ4v) is 3.59. The zero-order chi connectivity index (χ0) is 22.9. The first-order chi connectivity index (χ1) is 14.6. The van der Waals surface area contributed by atoms with Gasteiger partial charge in [-0.25, -0.2) is 4.98 Å². The Kier molecular flexibility index (Phi) is 6.41. The molecule has 166 valence electrons. The van der Waals surface area contributed by atoms with Crippen molar-refractivity contribution in [2.24, 2.45) is 0 Å². The van der Waals surface area contributed by atoms with Gasteiger partial charge in [-0.3, -0.25) is 29.1 Å². The van der Waals surface area contributed by atoms with Crippen LogP contribution in [0.3, 0.4) is 0 Å². The quantitative estimate of drug-likeness (QED) is 0.273. The highest BCUT2D eigenvalue weighted by Crippen LogP contribution is 2.39. The van der Waals surface area contributed by atoms with Gasteiger partial charge in [-0.05, 0) is 17.7 Å². The Bertz CT molecular complexity index is 1050. The lowest BCUT2D eigenvalue weighted by Gasteiger charge is -2.24. The van der Waals surface area contributed by atoms with E-state index in [0.29, 0.717) is 5.52 Å². The molecule has 12 nitrogen and oxygen atoms in total. The molecule has 1 fully saturated rings. The fourth-order valence-electron chi connectivity index (χ4n) is 3.31. The second-order valence-corrected chi connectivity index (χ2v) is 7.03. The molecule has 0 aliphatic carbocycles. The summed E-state index contributed by atoms with van der Waals surface area (Å²) in [5.41, 5.74) is 0.338. The maximum Gasteiger partial charge on any atom is 0.303 e. The van der Waals surface area contributed by atoms with Crippen molar-refractivity contribution in [3.05, 3.63) is 33.6 Å². The molecular formula is C18H18ClN3O9. The van der Waals surface area contributed by atoms with Crippen molar-refractivity contribution in [2.45, 2.75) is 45.3 Å². The highest BCUT2D eigenvalue weighted by Gasteiger charge is 2.51. The van der Waals surface area contributed by atoms with Gasteiger partial charge in [-0.1, -0.05) is 0 Å². The van der Waals surface area contributed by atoms with Gasteiger partial charge in [0.05, 0.1) is 16.0 Å². The van der Waals surface area contributed by atoms with E-state index in [1.54, 1.807) is 0 Å². The van der Waals surface area contributed by atoms with E-state index >= 15 is 0 Å². The molecule has 2 heterocycles. The minimum absolute atomic E-state index is 0.104.